The summed E-state index contributed by atoms with van der Waals surface area (Å²) in [4.78, 5) is 4.30. The second kappa shape index (κ2) is 3.94. The normalized spacial score (nSPS) is 21.7. The summed E-state index contributed by atoms with van der Waals surface area (Å²) < 4.78 is 5.06. The topological polar surface area (TPSA) is 57.4 Å². The molecule has 0 saturated heterocycles. The maximum atomic E-state index is 8.88. The molecule has 4 heteroatoms. The molecule has 0 bridgehead atoms. The number of nitriles is 1. The Morgan fingerprint density at radius 1 is 1.69 bits per heavy atom. The van der Waals surface area contributed by atoms with Crippen LogP contribution in [0, 0.1) is 11.3 Å². The molecule has 0 radical (unpaired) electrons. The third-order valence-corrected chi connectivity index (χ3v) is 1.93. The lowest BCUT2D eigenvalue weighted by molar-refractivity contribution is 0.267. The van der Waals surface area contributed by atoms with E-state index in [0.717, 1.165) is 12.3 Å². The Labute approximate surface area is 77.9 Å². The van der Waals surface area contributed by atoms with Gasteiger partial charge in [0.25, 0.3) is 0 Å². The van der Waals surface area contributed by atoms with Gasteiger partial charge in [0.05, 0.1) is 13.2 Å². The quantitative estimate of drug-likeness (QED) is 0.692. The Morgan fingerprint density at radius 2 is 2.38 bits per heavy atom. The predicted molar refractivity (Wildman–Crippen MR) is 50.0 cm³/mol. The first-order valence-corrected chi connectivity index (χ1v) is 4.22. The third-order valence-electron chi connectivity index (χ3n) is 1.93. The van der Waals surface area contributed by atoms with Crippen LogP contribution in [0.3, 0.4) is 0 Å². The average molecular weight is 179 g/mol. The van der Waals surface area contributed by atoms with Gasteiger partial charge in [-0.2, -0.15) is 5.26 Å². The smallest absolute Gasteiger partial charge is 0.208 e. The van der Waals surface area contributed by atoms with Crippen molar-refractivity contribution in [3.63, 3.8) is 0 Å². The van der Waals surface area contributed by atoms with Crippen molar-refractivity contribution in [1.82, 2.24) is 5.32 Å². The Balaban J connectivity index is 3.00. The summed E-state index contributed by atoms with van der Waals surface area (Å²) in [5.41, 5.74) is 0.579. The first-order valence-electron chi connectivity index (χ1n) is 4.22. The fourth-order valence-electron chi connectivity index (χ4n) is 1.30. The van der Waals surface area contributed by atoms with Crippen LogP contribution in [0.2, 0.25) is 0 Å². The van der Waals surface area contributed by atoms with Crippen molar-refractivity contribution < 1.29 is 4.74 Å². The van der Waals surface area contributed by atoms with Gasteiger partial charge in [-0.05, 0) is 13.3 Å². The zero-order valence-corrected chi connectivity index (χ0v) is 8.09. The number of amidine groups is 1. The Hall–Kier alpha value is -1.50. The Kier molecular flexibility index (Phi) is 2.91. The molecule has 0 fully saturated rings. The van der Waals surface area contributed by atoms with Gasteiger partial charge in [0.1, 0.15) is 17.5 Å². The van der Waals surface area contributed by atoms with E-state index in [4.69, 9.17) is 10.00 Å². The van der Waals surface area contributed by atoms with Crippen LogP contribution in [0.4, 0.5) is 0 Å². The number of hydrogen-bond donors (Lipinski definition) is 1. The van der Waals surface area contributed by atoms with Gasteiger partial charge in [0.2, 0.25) is 5.88 Å². The fourth-order valence-corrected chi connectivity index (χ4v) is 1.30. The molecule has 1 unspecified atom stereocenters. The van der Waals surface area contributed by atoms with Crippen LogP contribution in [0.25, 0.3) is 0 Å². The van der Waals surface area contributed by atoms with E-state index in [0.29, 0.717) is 11.5 Å². The minimum absolute atomic E-state index is 0.0544. The molecule has 0 amide bonds. The summed E-state index contributed by atoms with van der Waals surface area (Å²) in [6.45, 7) is 3.85. The van der Waals surface area contributed by atoms with Gasteiger partial charge in [-0.15, -0.1) is 0 Å². The van der Waals surface area contributed by atoms with Crippen LogP contribution in [0.1, 0.15) is 20.3 Å². The first kappa shape index (κ1) is 9.59. The lowest BCUT2D eigenvalue weighted by atomic mass is 10.1. The molecule has 0 spiro atoms. The number of rotatable bonds is 2. The second-order valence-corrected chi connectivity index (χ2v) is 2.82. The summed E-state index contributed by atoms with van der Waals surface area (Å²) in [6.07, 6.45) is 0.814. The van der Waals surface area contributed by atoms with E-state index < -0.39 is 0 Å². The molecule has 0 saturated carbocycles. The monoisotopic (exact) mass is 179 g/mol. The molecule has 1 aliphatic heterocycles. The number of methoxy groups -OCH3 is 1. The Bertz CT molecular complexity index is 298. The third kappa shape index (κ3) is 1.81. The van der Waals surface area contributed by atoms with E-state index in [1.54, 1.807) is 7.11 Å². The van der Waals surface area contributed by atoms with Crippen molar-refractivity contribution in [1.29, 1.82) is 5.26 Å². The zero-order chi connectivity index (χ0) is 9.84. The lowest BCUT2D eigenvalue weighted by Gasteiger charge is -2.21. The van der Waals surface area contributed by atoms with E-state index in [2.05, 4.69) is 16.4 Å². The van der Waals surface area contributed by atoms with Crippen LogP contribution in [0.5, 0.6) is 0 Å². The van der Waals surface area contributed by atoms with Crippen molar-refractivity contribution in [2.45, 2.75) is 26.3 Å². The molecular formula is C9H13N3O. The fraction of sp³-hybridized carbons (Fsp3) is 0.556. The molecule has 0 aromatic rings. The molecule has 1 aliphatic rings. The molecule has 13 heavy (non-hydrogen) atoms. The SMILES string of the molecule is CCC1N=C(C)NC(OC)=C1C#N. The molecule has 1 atom stereocenters. The van der Waals surface area contributed by atoms with E-state index >= 15 is 0 Å². The van der Waals surface area contributed by atoms with Crippen LogP contribution in [0.15, 0.2) is 16.4 Å². The number of hydrogen-bond acceptors (Lipinski definition) is 4. The lowest BCUT2D eigenvalue weighted by Crippen LogP contribution is -2.31. The van der Waals surface area contributed by atoms with Gasteiger partial charge in [-0.25, -0.2) is 0 Å². The summed E-state index contributed by atoms with van der Waals surface area (Å²) in [5, 5.41) is 11.8. The largest absolute Gasteiger partial charge is 0.482 e. The van der Waals surface area contributed by atoms with Gasteiger partial charge >= 0.3 is 0 Å². The first-order chi connectivity index (χ1) is 6.22. The van der Waals surface area contributed by atoms with Crippen molar-refractivity contribution in [2.24, 2.45) is 4.99 Å². The van der Waals surface area contributed by atoms with Crippen LogP contribution >= 0.6 is 0 Å². The molecular weight excluding hydrogens is 166 g/mol. The molecule has 0 aromatic carbocycles. The van der Waals surface area contributed by atoms with Crippen molar-refractivity contribution in [3.8, 4) is 6.07 Å². The van der Waals surface area contributed by atoms with E-state index in [1.807, 2.05) is 13.8 Å². The second-order valence-electron chi connectivity index (χ2n) is 2.82. The number of ether oxygens (including phenoxy) is 1. The van der Waals surface area contributed by atoms with Crippen LogP contribution in [-0.2, 0) is 4.74 Å². The van der Waals surface area contributed by atoms with Gasteiger partial charge < -0.3 is 10.1 Å². The number of aliphatic imine (C=N–C) groups is 1. The molecule has 70 valence electrons. The molecule has 4 nitrogen and oxygen atoms in total. The number of nitrogens with zero attached hydrogens (tertiary/aromatic N) is 2. The van der Waals surface area contributed by atoms with Crippen molar-refractivity contribution in [3.05, 3.63) is 11.5 Å². The zero-order valence-electron chi connectivity index (χ0n) is 8.09. The highest BCUT2D eigenvalue weighted by molar-refractivity contribution is 5.83. The van der Waals surface area contributed by atoms with Crippen molar-refractivity contribution >= 4 is 5.84 Å². The van der Waals surface area contributed by atoms with E-state index in [9.17, 15) is 0 Å². The molecule has 1 rings (SSSR count). The molecule has 1 heterocycles. The van der Waals surface area contributed by atoms with E-state index in [1.165, 1.54) is 0 Å². The maximum Gasteiger partial charge on any atom is 0.208 e. The minimum Gasteiger partial charge on any atom is -0.482 e. The predicted octanol–water partition coefficient (Wildman–Crippen LogP) is 1.17. The summed E-state index contributed by atoms with van der Waals surface area (Å²) in [6, 6.07) is 2.06. The van der Waals surface area contributed by atoms with Crippen molar-refractivity contribution in [2.75, 3.05) is 7.11 Å². The minimum atomic E-state index is -0.0544. The molecule has 0 aromatic heterocycles. The summed E-state index contributed by atoms with van der Waals surface area (Å²) in [5.74, 6) is 1.32. The molecule has 1 N–H and O–H groups in total. The summed E-state index contributed by atoms with van der Waals surface area (Å²) >= 11 is 0. The summed E-state index contributed by atoms with van der Waals surface area (Å²) in [7, 11) is 1.55. The van der Waals surface area contributed by atoms with Gasteiger partial charge in [-0.3, -0.25) is 4.99 Å². The highest BCUT2D eigenvalue weighted by atomic mass is 16.5. The standard InChI is InChI=1S/C9H13N3O/c1-4-8-7(5-10)9(13-3)12-6(2)11-8/h8H,4H2,1-3H3,(H,11,12). The highest BCUT2D eigenvalue weighted by Gasteiger charge is 2.21. The number of nitrogens with one attached hydrogen (secondary N) is 1. The van der Waals surface area contributed by atoms with E-state index in [-0.39, 0.29) is 6.04 Å². The average Bonchev–Trinajstić information content (AvgIpc) is 2.16. The highest BCUT2D eigenvalue weighted by Crippen LogP contribution is 2.17. The maximum absolute atomic E-state index is 8.88. The molecule has 0 aliphatic carbocycles. The van der Waals surface area contributed by atoms with Crippen LogP contribution in [-0.4, -0.2) is 19.0 Å². The van der Waals surface area contributed by atoms with Gasteiger partial charge in [-0.1, -0.05) is 6.92 Å². The van der Waals surface area contributed by atoms with Crippen LogP contribution < -0.4 is 5.32 Å². The Morgan fingerprint density at radius 3 is 2.85 bits per heavy atom. The van der Waals surface area contributed by atoms with Gasteiger partial charge in [0, 0.05) is 0 Å². The van der Waals surface area contributed by atoms with Gasteiger partial charge in [0.15, 0.2) is 0 Å².